The van der Waals surface area contributed by atoms with Gasteiger partial charge in [0.25, 0.3) is 0 Å². The molecule has 0 aromatic carbocycles. The Labute approximate surface area is 87.8 Å². The summed E-state index contributed by atoms with van der Waals surface area (Å²) in [6.45, 7) is 5.92. The topological polar surface area (TPSA) is 29.3 Å². The van der Waals surface area contributed by atoms with Crippen LogP contribution < -0.4 is 5.73 Å². The normalized spacial score (nSPS) is 37.1. The molecule has 2 N–H and O–H groups in total. The van der Waals surface area contributed by atoms with Crippen LogP contribution in [0.4, 0.5) is 0 Å². The zero-order valence-electron chi connectivity index (χ0n) is 9.58. The van der Waals surface area contributed by atoms with Crippen LogP contribution in [-0.4, -0.2) is 29.6 Å². The lowest BCUT2D eigenvalue weighted by molar-refractivity contribution is 0.0813. The maximum Gasteiger partial charge on any atom is 0.0124 e. The molecule has 1 heterocycles. The molecule has 0 aromatic heterocycles. The van der Waals surface area contributed by atoms with Crippen LogP contribution >= 0.6 is 0 Å². The van der Waals surface area contributed by atoms with Crippen LogP contribution in [-0.2, 0) is 0 Å². The van der Waals surface area contributed by atoms with Gasteiger partial charge in [-0.1, -0.05) is 6.92 Å². The summed E-state index contributed by atoms with van der Waals surface area (Å²) in [4.78, 5) is 2.72. The fourth-order valence-corrected chi connectivity index (χ4v) is 3.04. The van der Waals surface area contributed by atoms with Crippen molar-refractivity contribution >= 4 is 0 Å². The van der Waals surface area contributed by atoms with Crippen molar-refractivity contribution in [2.45, 2.75) is 64.1 Å². The second-order valence-electron chi connectivity index (χ2n) is 5.18. The van der Waals surface area contributed by atoms with Gasteiger partial charge in [0.15, 0.2) is 0 Å². The molecule has 1 saturated heterocycles. The van der Waals surface area contributed by atoms with Gasteiger partial charge in [-0.2, -0.15) is 0 Å². The predicted octanol–water partition coefficient (Wildman–Crippen LogP) is 1.99. The Balaban J connectivity index is 1.94. The molecule has 0 spiro atoms. The van der Waals surface area contributed by atoms with Gasteiger partial charge in [0.05, 0.1) is 0 Å². The third-order valence-electron chi connectivity index (χ3n) is 3.98. The fraction of sp³-hybridized carbons (Fsp3) is 1.00. The van der Waals surface area contributed by atoms with Crippen LogP contribution in [0, 0.1) is 5.92 Å². The van der Waals surface area contributed by atoms with E-state index < -0.39 is 0 Å². The molecule has 2 aliphatic rings. The molecule has 2 rings (SSSR count). The van der Waals surface area contributed by atoms with Crippen LogP contribution in [0.15, 0.2) is 0 Å². The van der Waals surface area contributed by atoms with Crippen molar-refractivity contribution in [1.29, 1.82) is 0 Å². The maximum absolute atomic E-state index is 5.99. The lowest BCUT2D eigenvalue weighted by atomic mass is 9.95. The highest BCUT2D eigenvalue weighted by Crippen LogP contribution is 2.38. The molecule has 1 aliphatic carbocycles. The van der Waals surface area contributed by atoms with Crippen LogP contribution in [0.1, 0.15) is 46.0 Å². The van der Waals surface area contributed by atoms with Gasteiger partial charge >= 0.3 is 0 Å². The summed E-state index contributed by atoms with van der Waals surface area (Å²) in [5.41, 5.74) is 5.99. The molecule has 1 saturated carbocycles. The second kappa shape index (κ2) is 4.19. The minimum absolute atomic E-state index is 0.456. The van der Waals surface area contributed by atoms with E-state index in [9.17, 15) is 0 Å². The van der Waals surface area contributed by atoms with Gasteiger partial charge < -0.3 is 5.73 Å². The maximum atomic E-state index is 5.99. The molecular formula is C12H24N2. The van der Waals surface area contributed by atoms with Gasteiger partial charge in [-0.05, 0) is 44.9 Å². The van der Waals surface area contributed by atoms with E-state index in [0.29, 0.717) is 12.1 Å². The van der Waals surface area contributed by atoms with E-state index in [2.05, 4.69) is 18.7 Å². The first-order valence-electron chi connectivity index (χ1n) is 6.23. The zero-order valence-corrected chi connectivity index (χ0v) is 9.58. The van der Waals surface area contributed by atoms with Crippen molar-refractivity contribution in [3.05, 3.63) is 0 Å². The summed E-state index contributed by atoms with van der Waals surface area (Å²) in [6, 6.07) is 2.03. The molecule has 0 bridgehead atoms. The average molecular weight is 196 g/mol. The third kappa shape index (κ3) is 2.12. The average Bonchev–Trinajstić information content (AvgIpc) is 2.93. The summed E-state index contributed by atoms with van der Waals surface area (Å²) >= 11 is 0. The van der Waals surface area contributed by atoms with Crippen molar-refractivity contribution in [1.82, 2.24) is 4.90 Å². The summed E-state index contributed by atoms with van der Waals surface area (Å²) in [5.74, 6) is 1.01. The second-order valence-corrected chi connectivity index (χ2v) is 5.18. The highest BCUT2D eigenvalue weighted by Gasteiger charge is 2.37. The van der Waals surface area contributed by atoms with Crippen molar-refractivity contribution in [2.75, 3.05) is 6.54 Å². The van der Waals surface area contributed by atoms with Gasteiger partial charge in [0.1, 0.15) is 0 Å². The Kier molecular flexibility index (Phi) is 3.13. The Morgan fingerprint density at radius 1 is 1.36 bits per heavy atom. The molecule has 14 heavy (non-hydrogen) atoms. The van der Waals surface area contributed by atoms with Gasteiger partial charge in [-0.25, -0.2) is 0 Å². The Bertz CT molecular complexity index is 189. The Hall–Kier alpha value is -0.0800. The number of likely N-dealkylation sites (tertiary alicyclic amines) is 1. The minimum atomic E-state index is 0.456. The monoisotopic (exact) mass is 196 g/mol. The molecule has 1 aliphatic heterocycles. The molecule has 3 atom stereocenters. The van der Waals surface area contributed by atoms with Crippen molar-refractivity contribution < 1.29 is 0 Å². The summed E-state index contributed by atoms with van der Waals surface area (Å²) in [7, 11) is 0. The first-order chi connectivity index (χ1) is 6.72. The highest BCUT2D eigenvalue weighted by atomic mass is 15.2. The minimum Gasteiger partial charge on any atom is -0.328 e. The molecule has 2 fully saturated rings. The van der Waals surface area contributed by atoms with Crippen molar-refractivity contribution in [2.24, 2.45) is 11.7 Å². The Morgan fingerprint density at radius 3 is 2.57 bits per heavy atom. The zero-order chi connectivity index (χ0) is 10.1. The fourth-order valence-electron chi connectivity index (χ4n) is 3.04. The summed E-state index contributed by atoms with van der Waals surface area (Å²) < 4.78 is 0. The first-order valence-corrected chi connectivity index (χ1v) is 6.23. The molecule has 0 aromatic rings. The molecule has 2 heteroatoms. The van der Waals surface area contributed by atoms with Crippen LogP contribution in [0.3, 0.4) is 0 Å². The van der Waals surface area contributed by atoms with E-state index in [-0.39, 0.29) is 0 Å². The number of hydrogen-bond donors (Lipinski definition) is 1. The van der Waals surface area contributed by atoms with Gasteiger partial charge in [-0.3, -0.25) is 4.90 Å². The smallest absolute Gasteiger partial charge is 0.0124 e. The summed E-state index contributed by atoms with van der Waals surface area (Å²) in [5, 5.41) is 0. The van der Waals surface area contributed by atoms with Gasteiger partial charge in [0.2, 0.25) is 0 Å². The van der Waals surface area contributed by atoms with Crippen molar-refractivity contribution in [3.8, 4) is 0 Å². The van der Waals surface area contributed by atoms with Crippen LogP contribution in [0.25, 0.3) is 0 Å². The van der Waals surface area contributed by atoms with Crippen LogP contribution in [0.2, 0.25) is 0 Å². The van der Waals surface area contributed by atoms with E-state index in [1.165, 1.54) is 38.6 Å². The number of piperidine rings is 1. The molecule has 0 amide bonds. The lowest BCUT2D eigenvalue weighted by Gasteiger charge is -2.41. The van der Waals surface area contributed by atoms with E-state index in [0.717, 1.165) is 12.0 Å². The molecule has 0 radical (unpaired) electrons. The van der Waals surface area contributed by atoms with Crippen molar-refractivity contribution in [3.63, 3.8) is 0 Å². The van der Waals surface area contributed by atoms with E-state index in [1.807, 2.05) is 0 Å². The predicted molar refractivity (Wildman–Crippen MR) is 60.2 cm³/mol. The summed E-state index contributed by atoms with van der Waals surface area (Å²) in [6.07, 6.45) is 6.66. The third-order valence-corrected chi connectivity index (χ3v) is 3.98. The standard InChI is InChI=1S/C12H24N2/c1-3-12(10-4-5-10)14-7-6-11(13)8-9(14)2/h9-12H,3-8,13H2,1-2H3. The van der Waals surface area contributed by atoms with Crippen LogP contribution in [0.5, 0.6) is 0 Å². The molecule has 2 nitrogen and oxygen atoms in total. The largest absolute Gasteiger partial charge is 0.328 e. The number of rotatable bonds is 3. The van der Waals surface area contributed by atoms with Gasteiger partial charge in [-0.15, -0.1) is 0 Å². The van der Waals surface area contributed by atoms with Gasteiger partial charge in [0, 0.05) is 24.7 Å². The SMILES string of the molecule is CCC(C1CC1)N1CCC(N)CC1C. The Morgan fingerprint density at radius 2 is 2.07 bits per heavy atom. The van der Waals surface area contributed by atoms with E-state index >= 15 is 0 Å². The van der Waals surface area contributed by atoms with E-state index in [1.54, 1.807) is 0 Å². The quantitative estimate of drug-likeness (QED) is 0.748. The number of hydrogen-bond acceptors (Lipinski definition) is 2. The number of nitrogens with zero attached hydrogens (tertiary/aromatic N) is 1. The number of nitrogens with two attached hydrogens (primary N) is 1. The lowest BCUT2D eigenvalue weighted by Crippen LogP contribution is -2.50. The molecule has 3 unspecified atom stereocenters. The first kappa shape index (κ1) is 10.4. The van der Waals surface area contributed by atoms with E-state index in [4.69, 9.17) is 5.73 Å². The molecular weight excluding hydrogens is 172 g/mol. The molecule has 82 valence electrons. The highest BCUT2D eigenvalue weighted by molar-refractivity contribution is 4.92.